The Hall–Kier alpha value is -2.12. The minimum absolute atomic E-state index is 0.738. The maximum atomic E-state index is 6.12. The summed E-state index contributed by atoms with van der Waals surface area (Å²) in [6.45, 7) is 7.68. The van der Waals surface area contributed by atoms with Crippen molar-refractivity contribution < 1.29 is 9.47 Å². The van der Waals surface area contributed by atoms with Crippen molar-refractivity contribution >= 4 is 22.9 Å². The molecule has 6 nitrogen and oxygen atoms in total. The van der Waals surface area contributed by atoms with E-state index in [1.54, 1.807) is 0 Å². The molecule has 4 heterocycles. The third kappa shape index (κ3) is 3.98. The van der Waals surface area contributed by atoms with Crippen molar-refractivity contribution in [2.45, 2.75) is 6.54 Å². The summed E-state index contributed by atoms with van der Waals surface area (Å²) < 4.78 is 13.3. The molecule has 5 rings (SSSR count). The van der Waals surface area contributed by atoms with Crippen molar-refractivity contribution in [1.29, 1.82) is 0 Å². The number of anilines is 1. The molecule has 3 aromatic rings. The van der Waals surface area contributed by atoms with E-state index in [4.69, 9.17) is 26.1 Å². The molecule has 0 radical (unpaired) electrons. The summed E-state index contributed by atoms with van der Waals surface area (Å²) in [6.07, 6.45) is 2.23. The summed E-state index contributed by atoms with van der Waals surface area (Å²) in [5, 5.41) is 0.738. The van der Waals surface area contributed by atoms with Crippen molar-refractivity contribution in [3.63, 3.8) is 0 Å². The van der Waals surface area contributed by atoms with Crippen LogP contribution < -0.4 is 4.90 Å². The molecule has 0 bridgehead atoms. The van der Waals surface area contributed by atoms with Gasteiger partial charge in [0.05, 0.1) is 43.5 Å². The summed E-state index contributed by atoms with van der Waals surface area (Å²) >= 11 is 6.12. The molecule has 2 aliphatic rings. The van der Waals surface area contributed by atoms with Crippen molar-refractivity contribution in [2.75, 3.05) is 57.5 Å². The Kier molecular flexibility index (Phi) is 5.42. The number of rotatable bonds is 4. The maximum absolute atomic E-state index is 6.12. The number of ether oxygens (including phenoxy) is 2. The van der Waals surface area contributed by atoms with Crippen LogP contribution in [0.25, 0.3) is 16.9 Å². The Bertz CT molecular complexity index is 976. The zero-order valence-corrected chi connectivity index (χ0v) is 17.1. The molecular weight excluding hydrogens is 388 g/mol. The second-order valence-corrected chi connectivity index (χ2v) is 7.95. The van der Waals surface area contributed by atoms with Gasteiger partial charge in [0.25, 0.3) is 0 Å². The molecule has 2 saturated heterocycles. The number of imidazole rings is 1. The minimum Gasteiger partial charge on any atom is -0.379 e. The van der Waals surface area contributed by atoms with Crippen molar-refractivity contribution in [3.8, 4) is 11.3 Å². The van der Waals surface area contributed by atoms with Gasteiger partial charge in [-0.25, -0.2) is 4.98 Å². The molecule has 0 unspecified atom stereocenters. The van der Waals surface area contributed by atoms with Gasteiger partial charge < -0.3 is 18.8 Å². The number of fused-ring (bicyclic) bond motifs is 1. The van der Waals surface area contributed by atoms with Gasteiger partial charge in [0.2, 0.25) is 0 Å². The van der Waals surface area contributed by atoms with E-state index in [1.165, 1.54) is 11.4 Å². The number of pyridine rings is 1. The van der Waals surface area contributed by atoms with Gasteiger partial charge in [-0.15, -0.1) is 0 Å². The molecule has 2 aromatic heterocycles. The summed E-state index contributed by atoms with van der Waals surface area (Å²) in [5.41, 5.74) is 5.50. The third-order valence-corrected chi connectivity index (χ3v) is 5.92. The number of hydrogen-bond acceptors (Lipinski definition) is 5. The standard InChI is InChI=1S/C22H25ClN4O2/c23-18-3-1-17(2-4-18)22-20(16-25-7-11-28-12-8-25)27-15-19(5-6-21(27)24-22)26-9-13-29-14-10-26/h1-6,15H,7-14,16H2. The van der Waals surface area contributed by atoms with E-state index in [0.717, 1.165) is 81.1 Å². The third-order valence-electron chi connectivity index (χ3n) is 5.67. The monoisotopic (exact) mass is 412 g/mol. The highest BCUT2D eigenvalue weighted by Gasteiger charge is 2.20. The van der Waals surface area contributed by atoms with Crippen LogP contribution in [0.2, 0.25) is 5.02 Å². The fourth-order valence-electron chi connectivity index (χ4n) is 4.05. The van der Waals surface area contributed by atoms with Crippen LogP contribution in [0.3, 0.4) is 0 Å². The first-order chi connectivity index (χ1) is 14.3. The van der Waals surface area contributed by atoms with Gasteiger partial charge in [-0.2, -0.15) is 0 Å². The lowest BCUT2D eigenvalue weighted by molar-refractivity contribution is 0.0336. The quantitative estimate of drug-likeness (QED) is 0.657. The van der Waals surface area contributed by atoms with Gasteiger partial charge >= 0.3 is 0 Å². The van der Waals surface area contributed by atoms with Crippen molar-refractivity contribution in [1.82, 2.24) is 14.3 Å². The van der Waals surface area contributed by atoms with Crippen molar-refractivity contribution in [2.24, 2.45) is 0 Å². The van der Waals surface area contributed by atoms with Crippen LogP contribution in [0.4, 0.5) is 5.69 Å². The molecule has 0 spiro atoms. The van der Waals surface area contributed by atoms with Gasteiger partial charge in [0.15, 0.2) is 0 Å². The first-order valence-corrected chi connectivity index (χ1v) is 10.6. The normalized spacial score (nSPS) is 18.4. The van der Waals surface area contributed by atoms with E-state index < -0.39 is 0 Å². The van der Waals surface area contributed by atoms with Crippen LogP contribution in [0.1, 0.15) is 5.69 Å². The second kappa shape index (κ2) is 8.32. The lowest BCUT2D eigenvalue weighted by Crippen LogP contribution is -2.36. The summed E-state index contributed by atoms with van der Waals surface area (Å²) in [5.74, 6) is 0. The van der Waals surface area contributed by atoms with E-state index >= 15 is 0 Å². The zero-order chi connectivity index (χ0) is 19.6. The Morgan fingerprint density at radius 1 is 0.862 bits per heavy atom. The molecule has 0 N–H and O–H groups in total. The average molecular weight is 413 g/mol. The smallest absolute Gasteiger partial charge is 0.137 e. The predicted molar refractivity (Wildman–Crippen MR) is 115 cm³/mol. The zero-order valence-electron chi connectivity index (χ0n) is 16.4. The largest absolute Gasteiger partial charge is 0.379 e. The van der Waals surface area contributed by atoms with Crippen LogP contribution in [-0.2, 0) is 16.0 Å². The molecular formula is C22H25ClN4O2. The van der Waals surface area contributed by atoms with Gasteiger partial charge in [0, 0.05) is 49.5 Å². The fraction of sp³-hybridized carbons (Fsp3) is 0.409. The molecule has 2 fully saturated rings. The number of benzene rings is 1. The van der Waals surface area contributed by atoms with E-state index in [0.29, 0.717) is 0 Å². The topological polar surface area (TPSA) is 42.2 Å². The van der Waals surface area contributed by atoms with Gasteiger partial charge in [-0.3, -0.25) is 4.90 Å². The molecule has 29 heavy (non-hydrogen) atoms. The van der Waals surface area contributed by atoms with Crippen LogP contribution in [0.5, 0.6) is 0 Å². The number of halogens is 1. The number of hydrogen-bond donors (Lipinski definition) is 0. The SMILES string of the molecule is Clc1ccc(-c2nc3ccc(N4CCOCC4)cn3c2CN2CCOCC2)cc1. The average Bonchev–Trinajstić information content (AvgIpc) is 3.13. The fourth-order valence-corrected chi connectivity index (χ4v) is 4.18. The van der Waals surface area contributed by atoms with Gasteiger partial charge in [-0.05, 0) is 24.3 Å². The highest BCUT2D eigenvalue weighted by molar-refractivity contribution is 6.30. The van der Waals surface area contributed by atoms with E-state index in [9.17, 15) is 0 Å². The highest BCUT2D eigenvalue weighted by atomic mass is 35.5. The van der Waals surface area contributed by atoms with E-state index in [2.05, 4.69) is 44.7 Å². The second-order valence-electron chi connectivity index (χ2n) is 7.52. The van der Waals surface area contributed by atoms with Gasteiger partial charge in [0.1, 0.15) is 5.65 Å². The predicted octanol–water partition coefficient (Wildman–Crippen LogP) is 3.32. The molecule has 2 aliphatic heterocycles. The highest BCUT2D eigenvalue weighted by Crippen LogP contribution is 2.29. The summed E-state index contributed by atoms with van der Waals surface area (Å²) in [7, 11) is 0. The molecule has 0 amide bonds. The van der Waals surface area contributed by atoms with Crippen molar-refractivity contribution in [3.05, 3.63) is 53.3 Å². The van der Waals surface area contributed by atoms with Crippen LogP contribution in [0, 0.1) is 0 Å². The Morgan fingerprint density at radius 3 is 2.28 bits per heavy atom. The number of morpholine rings is 2. The first-order valence-electron chi connectivity index (χ1n) is 10.2. The van der Waals surface area contributed by atoms with Crippen LogP contribution in [-0.4, -0.2) is 66.9 Å². The molecule has 152 valence electrons. The summed E-state index contributed by atoms with van der Waals surface area (Å²) in [4.78, 5) is 9.80. The van der Waals surface area contributed by atoms with Crippen LogP contribution >= 0.6 is 11.6 Å². The molecule has 0 aliphatic carbocycles. The first kappa shape index (κ1) is 18.9. The lowest BCUT2D eigenvalue weighted by Gasteiger charge is -2.29. The summed E-state index contributed by atoms with van der Waals surface area (Å²) in [6, 6.07) is 12.2. The number of aromatic nitrogens is 2. The molecule has 7 heteroatoms. The maximum Gasteiger partial charge on any atom is 0.137 e. The van der Waals surface area contributed by atoms with Crippen LogP contribution in [0.15, 0.2) is 42.6 Å². The minimum atomic E-state index is 0.738. The molecule has 0 saturated carbocycles. The Labute approximate surface area is 175 Å². The van der Waals surface area contributed by atoms with E-state index in [1.807, 2.05) is 12.1 Å². The molecule has 0 atom stereocenters. The Morgan fingerprint density at radius 2 is 1.55 bits per heavy atom. The Balaban J connectivity index is 1.58. The van der Waals surface area contributed by atoms with Gasteiger partial charge in [-0.1, -0.05) is 23.7 Å². The number of nitrogens with zero attached hydrogens (tertiary/aromatic N) is 4. The molecule has 1 aromatic carbocycles. The lowest BCUT2D eigenvalue weighted by atomic mass is 10.1. The van der Waals surface area contributed by atoms with E-state index in [-0.39, 0.29) is 0 Å².